The molecule has 0 heterocycles. The SMILES string of the molecule is COc1c(O)c(O)c(Sc2c(O)c(O)c(OC)c3cc4ccccc4cc23)c2cc3ccccc3cc12. The third-order valence-electron chi connectivity index (χ3n) is 6.67. The first-order valence-corrected chi connectivity index (χ1v) is 12.3. The minimum Gasteiger partial charge on any atom is -0.503 e. The van der Waals surface area contributed by atoms with Crippen molar-refractivity contribution in [3.05, 3.63) is 72.8 Å². The Morgan fingerprint density at radius 3 is 1.14 bits per heavy atom. The number of hydrogen-bond donors (Lipinski definition) is 4. The van der Waals surface area contributed by atoms with E-state index in [1.165, 1.54) is 14.2 Å². The lowest BCUT2D eigenvalue weighted by atomic mass is 10.0. The maximum Gasteiger partial charge on any atom is 0.202 e. The molecule has 0 fully saturated rings. The Morgan fingerprint density at radius 1 is 0.486 bits per heavy atom. The summed E-state index contributed by atoms with van der Waals surface area (Å²) in [4.78, 5) is 0.627. The highest BCUT2D eigenvalue weighted by Gasteiger charge is 2.26. The number of ether oxygens (including phenoxy) is 2. The van der Waals surface area contributed by atoms with E-state index >= 15 is 0 Å². The summed E-state index contributed by atoms with van der Waals surface area (Å²) in [5.41, 5.74) is 0. The zero-order chi connectivity index (χ0) is 25.8. The van der Waals surface area contributed by atoms with Gasteiger partial charge in [0.2, 0.25) is 11.5 Å². The minimum atomic E-state index is -0.403. The molecule has 0 bridgehead atoms. The lowest BCUT2D eigenvalue weighted by molar-refractivity contribution is 0.350. The lowest BCUT2D eigenvalue weighted by Crippen LogP contribution is -1.92. The van der Waals surface area contributed by atoms with Crippen LogP contribution < -0.4 is 9.47 Å². The molecule has 0 radical (unpaired) electrons. The van der Waals surface area contributed by atoms with Crippen LogP contribution in [0.4, 0.5) is 0 Å². The second-order valence-electron chi connectivity index (χ2n) is 8.71. The summed E-state index contributed by atoms with van der Waals surface area (Å²) in [6, 6.07) is 23.1. The van der Waals surface area contributed by atoms with Crippen LogP contribution in [0.2, 0.25) is 0 Å². The quantitative estimate of drug-likeness (QED) is 0.146. The molecule has 0 aliphatic carbocycles. The van der Waals surface area contributed by atoms with Crippen LogP contribution in [0.1, 0.15) is 0 Å². The van der Waals surface area contributed by atoms with Gasteiger partial charge >= 0.3 is 0 Å². The summed E-state index contributed by atoms with van der Waals surface area (Å²) in [6.45, 7) is 0. The number of fused-ring (bicyclic) bond motifs is 4. The van der Waals surface area contributed by atoms with Gasteiger partial charge < -0.3 is 29.9 Å². The highest BCUT2D eigenvalue weighted by atomic mass is 32.2. The number of aromatic hydroxyl groups is 4. The predicted molar refractivity (Wildman–Crippen MR) is 147 cm³/mol. The third kappa shape index (κ3) is 3.42. The van der Waals surface area contributed by atoms with E-state index in [0.717, 1.165) is 33.3 Å². The van der Waals surface area contributed by atoms with Crippen molar-refractivity contribution in [2.75, 3.05) is 14.2 Å². The molecule has 0 aliphatic heterocycles. The Labute approximate surface area is 215 Å². The summed E-state index contributed by atoms with van der Waals surface area (Å²) in [7, 11) is 2.86. The Balaban J connectivity index is 1.70. The summed E-state index contributed by atoms with van der Waals surface area (Å²) >= 11 is 1.05. The summed E-state index contributed by atoms with van der Waals surface area (Å²) < 4.78 is 10.9. The fourth-order valence-electron chi connectivity index (χ4n) is 4.89. The van der Waals surface area contributed by atoms with E-state index in [-0.39, 0.29) is 23.0 Å². The van der Waals surface area contributed by atoms with Gasteiger partial charge in [-0.3, -0.25) is 0 Å². The zero-order valence-electron chi connectivity index (χ0n) is 19.9. The van der Waals surface area contributed by atoms with Gasteiger partial charge in [-0.15, -0.1) is 0 Å². The summed E-state index contributed by atoms with van der Waals surface area (Å²) in [5.74, 6) is -1.26. The third-order valence-corrected chi connectivity index (χ3v) is 7.91. The van der Waals surface area contributed by atoms with Gasteiger partial charge in [0.05, 0.1) is 24.0 Å². The van der Waals surface area contributed by atoms with Gasteiger partial charge in [0, 0.05) is 21.5 Å². The molecule has 184 valence electrons. The Hall–Kier alpha value is -4.49. The summed E-state index contributed by atoms with van der Waals surface area (Å²) in [5, 5.41) is 50.2. The van der Waals surface area contributed by atoms with E-state index in [2.05, 4.69) is 0 Å². The van der Waals surface area contributed by atoms with Crippen molar-refractivity contribution in [1.29, 1.82) is 0 Å². The number of rotatable bonds is 4. The van der Waals surface area contributed by atoms with Crippen molar-refractivity contribution >= 4 is 54.9 Å². The van der Waals surface area contributed by atoms with Gasteiger partial charge in [0.1, 0.15) is 0 Å². The Morgan fingerprint density at radius 2 is 0.811 bits per heavy atom. The molecule has 6 rings (SSSR count). The second-order valence-corrected chi connectivity index (χ2v) is 9.73. The van der Waals surface area contributed by atoms with Gasteiger partial charge in [0.25, 0.3) is 0 Å². The van der Waals surface area contributed by atoms with Crippen LogP contribution in [0.25, 0.3) is 43.1 Å². The lowest BCUT2D eigenvalue weighted by Gasteiger charge is -2.19. The highest BCUT2D eigenvalue weighted by molar-refractivity contribution is 8.00. The predicted octanol–water partition coefficient (Wildman–Crippen LogP) is 7.29. The number of phenols is 4. The maximum absolute atomic E-state index is 11.1. The van der Waals surface area contributed by atoms with Crippen molar-refractivity contribution in [2.45, 2.75) is 9.79 Å². The molecular weight excluding hydrogens is 488 g/mol. The molecule has 0 saturated heterocycles. The molecular formula is C30H22O6S. The first kappa shape index (κ1) is 22.9. The fourth-order valence-corrected chi connectivity index (χ4v) is 6.04. The minimum absolute atomic E-state index is 0.153. The molecule has 0 saturated carbocycles. The summed E-state index contributed by atoms with van der Waals surface area (Å²) in [6.07, 6.45) is 0. The van der Waals surface area contributed by atoms with E-state index in [4.69, 9.17) is 9.47 Å². The maximum atomic E-state index is 11.1. The van der Waals surface area contributed by atoms with E-state index in [1.807, 2.05) is 72.8 Å². The molecule has 0 amide bonds. The van der Waals surface area contributed by atoms with Crippen LogP contribution in [0.15, 0.2) is 82.6 Å². The standard InChI is InChI=1S/C30H22O6S/c1-35-27-19-11-15-7-3-5-9-17(15)13-21(19)29(25(33)23(27)31)37-30-22-14-18-10-6-4-8-16(18)12-20(22)28(36-2)24(32)26(30)34/h3-14,31-34H,1-2H3. The van der Waals surface area contributed by atoms with Crippen molar-refractivity contribution in [3.63, 3.8) is 0 Å². The van der Waals surface area contributed by atoms with Crippen molar-refractivity contribution in [1.82, 2.24) is 0 Å². The normalized spacial score (nSPS) is 11.5. The average Bonchev–Trinajstić information content (AvgIpc) is 2.92. The number of phenolic OH excluding ortho intramolecular Hbond substituents is 4. The van der Waals surface area contributed by atoms with Crippen LogP contribution in [0.3, 0.4) is 0 Å². The molecule has 4 N–H and O–H groups in total. The number of hydrogen-bond acceptors (Lipinski definition) is 7. The monoisotopic (exact) mass is 510 g/mol. The van der Waals surface area contributed by atoms with Gasteiger partial charge in [-0.1, -0.05) is 60.3 Å². The molecule has 6 aromatic rings. The topological polar surface area (TPSA) is 99.4 Å². The molecule has 0 aromatic heterocycles. The van der Waals surface area contributed by atoms with Crippen molar-refractivity contribution in [3.8, 4) is 34.5 Å². The number of benzene rings is 6. The number of methoxy groups -OCH3 is 2. The van der Waals surface area contributed by atoms with Crippen molar-refractivity contribution < 1.29 is 29.9 Å². The molecule has 0 atom stereocenters. The first-order valence-electron chi connectivity index (χ1n) is 11.5. The highest BCUT2D eigenvalue weighted by Crippen LogP contribution is 2.56. The Bertz CT molecular complexity index is 1740. The largest absolute Gasteiger partial charge is 0.503 e. The van der Waals surface area contributed by atoms with Crippen molar-refractivity contribution in [2.24, 2.45) is 0 Å². The van der Waals surface area contributed by atoms with Crippen LogP contribution in [0, 0.1) is 0 Å². The molecule has 6 aromatic carbocycles. The molecule has 6 nitrogen and oxygen atoms in total. The smallest absolute Gasteiger partial charge is 0.202 e. The second kappa shape index (κ2) is 8.57. The van der Waals surface area contributed by atoms with Gasteiger partial charge in [-0.2, -0.15) is 0 Å². The molecule has 0 unspecified atom stereocenters. The van der Waals surface area contributed by atoms with Crippen LogP contribution in [-0.4, -0.2) is 34.6 Å². The van der Waals surface area contributed by atoms with E-state index < -0.39 is 11.5 Å². The van der Waals surface area contributed by atoms with E-state index in [1.54, 1.807) is 0 Å². The van der Waals surface area contributed by atoms with E-state index in [9.17, 15) is 20.4 Å². The van der Waals surface area contributed by atoms with Crippen LogP contribution in [0.5, 0.6) is 34.5 Å². The Kier molecular flexibility index (Phi) is 5.31. The van der Waals surface area contributed by atoms with Gasteiger partial charge in [0.15, 0.2) is 23.0 Å². The zero-order valence-corrected chi connectivity index (χ0v) is 20.8. The fraction of sp³-hybridized carbons (Fsp3) is 0.0667. The van der Waals surface area contributed by atoms with Crippen LogP contribution >= 0.6 is 11.8 Å². The van der Waals surface area contributed by atoms with Gasteiger partial charge in [-0.05, 0) is 45.8 Å². The average molecular weight is 511 g/mol. The first-order chi connectivity index (χ1) is 17.9. The van der Waals surface area contributed by atoms with Crippen LogP contribution in [-0.2, 0) is 0 Å². The molecule has 0 spiro atoms. The van der Waals surface area contributed by atoms with Gasteiger partial charge in [-0.25, -0.2) is 0 Å². The van der Waals surface area contributed by atoms with E-state index in [0.29, 0.717) is 31.3 Å². The molecule has 37 heavy (non-hydrogen) atoms. The molecule has 7 heteroatoms. The molecule has 0 aliphatic rings.